The second-order valence-electron chi connectivity index (χ2n) is 4.06. The molecule has 0 bridgehead atoms. The molecule has 1 amide bonds. The zero-order chi connectivity index (χ0) is 15.6. The molecule has 21 heavy (non-hydrogen) atoms. The minimum atomic E-state index is -1.12. The average Bonchev–Trinajstić information content (AvgIpc) is 2.43. The van der Waals surface area contributed by atoms with Gasteiger partial charge in [0.1, 0.15) is 5.82 Å². The summed E-state index contributed by atoms with van der Waals surface area (Å²) in [5, 5.41) is 11.4. The minimum absolute atomic E-state index is 0.0169. The summed E-state index contributed by atoms with van der Waals surface area (Å²) in [7, 11) is 0. The highest BCUT2D eigenvalue weighted by molar-refractivity contribution is 9.10. The monoisotopic (exact) mass is 415 g/mol. The first-order valence-electron chi connectivity index (χ1n) is 5.68. The van der Waals surface area contributed by atoms with E-state index in [0.717, 1.165) is 0 Å². The quantitative estimate of drug-likeness (QED) is 0.783. The van der Waals surface area contributed by atoms with Crippen molar-refractivity contribution in [1.82, 2.24) is 0 Å². The lowest BCUT2D eigenvalue weighted by Gasteiger charge is -2.09. The summed E-state index contributed by atoms with van der Waals surface area (Å²) in [6.07, 6.45) is 0. The van der Waals surface area contributed by atoms with E-state index in [1.165, 1.54) is 36.4 Å². The number of nitrogens with one attached hydrogen (secondary N) is 1. The number of hydrogen-bond acceptors (Lipinski definition) is 2. The maximum atomic E-state index is 13.8. The van der Waals surface area contributed by atoms with Gasteiger partial charge in [-0.15, -0.1) is 0 Å². The molecule has 0 unspecified atom stereocenters. The summed E-state index contributed by atoms with van der Waals surface area (Å²) >= 11 is 6.21. The highest BCUT2D eigenvalue weighted by Crippen LogP contribution is 2.25. The first kappa shape index (κ1) is 15.7. The molecule has 2 aromatic carbocycles. The van der Waals surface area contributed by atoms with Gasteiger partial charge >= 0.3 is 5.97 Å². The van der Waals surface area contributed by atoms with Crippen LogP contribution in [0.5, 0.6) is 0 Å². The number of amides is 1. The van der Waals surface area contributed by atoms with E-state index in [1.54, 1.807) is 0 Å². The first-order chi connectivity index (χ1) is 9.90. The van der Waals surface area contributed by atoms with Crippen LogP contribution in [0, 0.1) is 5.82 Å². The van der Waals surface area contributed by atoms with Gasteiger partial charge in [-0.2, -0.15) is 0 Å². The van der Waals surface area contributed by atoms with Crippen molar-refractivity contribution < 1.29 is 19.1 Å². The molecule has 0 aliphatic carbocycles. The standard InChI is InChI=1S/C14H8Br2FNO3/c15-9-5-4-7(14(20)21)6-11(9)18-13(19)8-2-1-3-10(16)12(8)17/h1-6H,(H,18,19)(H,20,21). The van der Waals surface area contributed by atoms with Crippen molar-refractivity contribution in [2.24, 2.45) is 0 Å². The molecule has 0 fully saturated rings. The zero-order valence-electron chi connectivity index (χ0n) is 10.4. The molecule has 0 aromatic heterocycles. The Kier molecular flexibility index (Phi) is 4.74. The first-order valence-corrected chi connectivity index (χ1v) is 7.27. The molecule has 0 atom stereocenters. The Labute approximate surface area is 136 Å². The van der Waals surface area contributed by atoms with Crippen LogP contribution in [0.2, 0.25) is 0 Å². The maximum Gasteiger partial charge on any atom is 0.335 e. The predicted molar refractivity (Wildman–Crippen MR) is 83.2 cm³/mol. The normalized spacial score (nSPS) is 10.2. The molecule has 2 aromatic rings. The lowest BCUT2D eigenvalue weighted by molar-refractivity contribution is 0.0696. The Bertz CT molecular complexity index is 734. The van der Waals surface area contributed by atoms with Gasteiger partial charge in [-0.3, -0.25) is 4.79 Å². The summed E-state index contributed by atoms with van der Waals surface area (Å²) in [6, 6.07) is 8.53. The highest BCUT2D eigenvalue weighted by atomic mass is 79.9. The van der Waals surface area contributed by atoms with Gasteiger partial charge < -0.3 is 10.4 Å². The van der Waals surface area contributed by atoms with E-state index in [9.17, 15) is 14.0 Å². The molecule has 4 nitrogen and oxygen atoms in total. The van der Waals surface area contributed by atoms with Crippen molar-refractivity contribution in [3.8, 4) is 0 Å². The number of aromatic carboxylic acids is 1. The number of halogens is 3. The fraction of sp³-hybridized carbons (Fsp3) is 0. The third-order valence-electron chi connectivity index (χ3n) is 2.66. The van der Waals surface area contributed by atoms with Gasteiger partial charge in [0.05, 0.1) is 21.3 Å². The largest absolute Gasteiger partial charge is 0.478 e. The van der Waals surface area contributed by atoms with E-state index in [-0.39, 0.29) is 21.3 Å². The van der Waals surface area contributed by atoms with E-state index in [4.69, 9.17) is 5.11 Å². The third kappa shape index (κ3) is 3.48. The molecule has 0 radical (unpaired) electrons. The van der Waals surface area contributed by atoms with Crippen LogP contribution in [0.1, 0.15) is 20.7 Å². The second kappa shape index (κ2) is 6.36. The van der Waals surface area contributed by atoms with Crippen molar-refractivity contribution in [2.75, 3.05) is 5.32 Å². The molecule has 0 aliphatic heterocycles. The fourth-order valence-corrected chi connectivity index (χ4v) is 2.33. The number of anilines is 1. The summed E-state index contributed by atoms with van der Waals surface area (Å²) in [5.74, 6) is -2.47. The van der Waals surface area contributed by atoms with E-state index < -0.39 is 17.7 Å². The van der Waals surface area contributed by atoms with E-state index in [1.807, 2.05) is 0 Å². The van der Waals surface area contributed by atoms with Crippen LogP contribution in [-0.4, -0.2) is 17.0 Å². The number of rotatable bonds is 3. The summed E-state index contributed by atoms with van der Waals surface area (Å²) in [6.45, 7) is 0. The molecule has 0 saturated heterocycles. The third-order valence-corrected chi connectivity index (χ3v) is 3.96. The van der Waals surface area contributed by atoms with Crippen LogP contribution in [0.25, 0.3) is 0 Å². The SMILES string of the molecule is O=C(O)c1ccc(Br)c(NC(=O)c2cccc(Br)c2F)c1. The Hall–Kier alpha value is -1.73. The Balaban J connectivity index is 2.33. The van der Waals surface area contributed by atoms with Crippen molar-refractivity contribution in [1.29, 1.82) is 0 Å². The Morgan fingerprint density at radius 3 is 2.48 bits per heavy atom. The lowest BCUT2D eigenvalue weighted by atomic mass is 10.1. The minimum Gasteiger partial charge on any atom is -0.478 e. The zero-order valence-corrected chi connectivity index (χ0v) is 13.5. The molecular weight excluding hydrogens is 409 g/mol. The van der Waals surface area contributed by atoms with Gasteiger partial charge in [-0.25, -0.2) is 9.18 Å². The number of benzene rings is 2. The molecule has 108 valence electrons. The number of carboxylic acid groups (broad SMARTS) is 1. The highest BCUT2D eigenvalue weighted by Gasteiger charge is 2.16. The van der Waals surface area contributed by atoms with Gasteiger partial charge in [0.25, 0.3) is 5.91 Å². The van der Waals surface area contributed by atoms with Crippen LogP contribution in [0.4, 0.5) is 10.1 Å². The van der Waals surface area contributed by atoms with Gasteiger partial charge in [0.2, 0.25) is 0 Å². The fourth-order valence-electron chi connectivity index (χ4n) is 1.62. The van der Waals surface area contributed by atoms with Crippen molar-refractivity contribution in [2.45, 2.75) is 0 Å². The van der Waals surface area contributed by atoms with Crippen molar-refractivity contribution >= 4 is 49.4 Å². The van der Waals surface area contributed by atoms with E-state index >= 15 is 0 Å². The molecule has 7 heteroatoms. The molecule has 0 spiro atoms. The van der Waals surface area contributed by atoms with Crippen LogP contribution in [0.15, 0.2) is 45.3 Å². The van der Waals surface area contributed by atoms with Gasteiger partial charge in [-0.1, -0.05) is 6.07 Å². The van der Waals surface area contributed by atoms with Crippen LogP contribution >= 0.6 is 31.9 Å². The number of carboxylic acids is 1. The number of carbonyl (C=O) groups excluding carboxylic acids is 1. The Morgan fingerprint density at radius 1 is 1.10 bits per heavy atom. The second-order valence-corrected chi connectivity index (χ2v) is 5.76. The number of hydrogen-bond donors (Lipinski definition) is 2. The lowest BCUT2D eigenvalue weighted by Crippen LogP contribution is -2.14. The average molecular weight is 417 g/mol. The molecule has 0 saturated carbocycles. The van der Waals surface area contributed by atoms with Gasteiger partial charge in [0, 0.05) is 4.47 Å². The number of carbonyl (C=O) groups is 2. The van der Waals surface area contributed by atoms with E-state index in [2.05, 4.69) is 37.2 Å². The predicted octanol–water partition coefficient (Wildman–Crippen LogP) is 4.30. The summed E-state index contributed by atoms with van der Waals surface area (Å²) in [5.41, 5.74) is 0.125. The van der Waals surface area contributed by atoms with Gasteiger partial charge in [0.15, 0.2) is 0 Å². The summed E-state index contributed by atoms with van der Waals surface area (Å²) in [4.78, 5) is 23.0. The van der Waals surface area contributed by atoms with Crippen LogP contribution in [-0.2, 0) is 0 Å². The van der Waals surface area contributed by atoms with Crippen molar-refractivity contribution in [3.05, 3.63) is 62.3 Å². The van der Waals surface area contributed by atoms with E-state index in [0.29, 0.717) is 4.47 Å². The maximum absolute atomic E-state index is 13.8. The Morgan fingerprint density at radius 2 is 1.81 bits per heavy atom. The molecule has 2 N–H and O–H groups in total. The topological polar surface area (TPSA) is 66.4 Å². The summed E-state index contributed by atoms with van der Waals surface area (Å²) < 4.78 is 14.5. The molecule has 0 aliphatic rings. The van der Waals surface area contributed by atoms with Crippen LogP contribution < -0.4 is 5.32 Å². The molecule has 0 heterocycles. The van der Waals surface area contributed by atoms with Gasteiger partial charge in [-0.05, 0) is 62.2 Å². The molecule has 2 rings (SSSR count). The van der Waals surface area contributed by atoms with Crippen LogP contribution in [0.3, 0.4) is 0 Å². The smallest absolute Gasteiger partial charge is 0.335 e. The van der Waals surface area contributed by atoms with Crippen molar-refractivity contribution in [3.63, 3.8) is 0 Å². The molecular formula is C14H8Br2FNO3.